The summed E-state index contributed by atoms with van der Waals surface area (Å²) in [5.41, 5.74) is 2.04. The van der Waals surface area contributed by atoms with Crippen molar-refractivity contribution in [2.24, 2.45) is 0 Å². The van der Waals surface area contributed by atoms with Crippen LogP contribution >= 0.6 is 0 Å². The minimum Gasteiger partial charge on any atom is -0.464 e. The molecule has 1 fully saturated rings. The van der Waals surface area contributed by atoms with Crippen molar-refractivity contribution < 1.29 is 19.2 Å². The predicted molar refractivity (Wildman–Crippen MR) is 114 cm³/mol. The van der Waals surface area contributed by atoms with Gasteiger partial charge in [0, 0.05) is 28.9 Å². The first-order chi connectivity index (χ1) is 15.0. The molecule has 160 valence electrons. The zero-order valence-electron chi connectivity index (χ0n) is 17.2. The van der Waals surface area contributed by atoms with Crippen LogP contribution in [-0.4, -0.2) is 45.4 Å². The monoisotopic (exact) mass is 421 g/mol. The van der Waals surface area contributed by atoms with E-state index >= 15 is 0 Å². The van der Waals surface area contributed by atoms with Gasteiger partial charge in [-0.05, 0) is 24.1 Å². The van der Waals surface area contributed by atoms with E-state index in [9.17, 15) is 19.7 Å². The number of aromatic amines is 1. The van der Waals surface area contributed by atoms with E-state index in [1.54, 1.807) is 43.5 Å². The van der Waals surface area contributed by atoms with Crippen LogP contribution in [0.1, 0.15) is 36.9 Å². The van der Waals surface area contributed by atoms with Crippen LogP contribution in [0.2, 0.25) is 0 Å². The number of para-hydroxylation sites is 1. The molecular weight excluding hydrogens is 398 g/mol. The minimum atomic E-state index is -1.22. The molecule has 3 aromatic rings. The maximum absolute atomic E-state index is 13.1. The van der Waals surface area contributed by atoms with Crippen LogP contribution in [0, 0.1) is 10.1 Å². The van der Waals surface area contributed by atoms with Crippen LogP contribution < -0.4 is 0 Å². The second-order valence-corrected chi connectivity index (χ2v) is 7.57. The topological polar surface area (TPSA) is 106 Å². The number of nitrogens with zero attached hydrogens (tertiary/aromatic N) is 2. The number of carbonyl (C=O) groups excluding carboxylic acids is 2. The molecule has 4 atom stereocenters. The van der Waals surface area contributed by atoms with Gasteiger partial charge in [-0.3, -0.25) is 14.9 Å². The molecule has 0 saturated carbocycles. The summed E-state index contributed by atoms with van der Waals surface area (Å²) in [6.07, 6.45) is 1.70. The summed E-state index contributed by atoms with van der Waals surface area (Å²) in [6.45, 7) is 3.11. The summed E-state index contributed by atoms with van der Waals surface area (Å²) in [5.74, 6) is -1.93. The van der Waals surface area contributed by atoms with Crippen molar-refractivity contribution in [1.82, 2.24) is 9.88 Å². The molecular formula is C23H23N3O5. The Morgan fingerprint density at radius 1 is 1.13 bits per heavy atom. The molecule has 4 rings (SSSR count). The number of nitro groups is 1. The van der Waals surface area contributed by atoms with E-state index in [4.69, 9.17) is 4.74 Å². The summed E-state index contributed by atoms with van der Waals surface area (Å²) in [7, 11) is 0. The number of amides is 1. The molecule has 0 unspecified atom stereocenters. The smallest absolute Gasteiger partial charge is 0.329 e. The van der Waals surface area contributed by atoms with E-state index in [0.717, 1.165) is 10.9 Å². The number of ether oxygens (including phenoxy) is 1. The van der Waals surface area contributed by atoms with Gasteiger partial charge in [-0.25, -0.2) is 4.79 Å². The average Bonchev–Trinajstić information content (AvgIpc) is 3.33. The molecule has 1 aliphatic heterocycles. The average molecular weight is 421 g/mol. The van der Waals surface area contributed by atoms with Gasteiger partial charge in [0.25, 0.3) is 0 Å². The lowest BCUT2D eigenvalue weighted by atomic mass is 9.85. The zero-order valence-corrected chi connectivity index (χ0v) is 17.2. The fourth-order valence-corrected chi connectivity index (χ4v) is 4.75. The zero-order chi connectivity index (χ0) is 22.1. The Kier molecular flexibility index (Phi) is 5.46. The fourth-order valence-electron chi connectivity index (χ4n) is 4.75. The van der Waals surface area contributed by atoms with Crippen LogP contribution in [0.4, 0.5) is 0 Å². The van der Waals surface area contributed by atoms with Gasteiger partial charge in [0.2, 0.25) is 11.9 Å². The molecule has 2 aromatic carbocycles. The van der Waals surface area contributed by atoms with Crippen molar-refractivity contribution in [2.75, 3.05) is 6.61 Å². The van der Waals surface area contributed by atoms with Crippen molar-refractivity contribution in [3.05, 3.63) is 82.0 Å². The van der Waals surface area contributed by atoms with Gasteiger partial charge in [-0.1, -0.05) is 48.5 Å². The maximum atomic E-state index is 13.1. The number of esters is 1. The second-order valence-electron chi connectivity index (χ2n) is 7.57. The number of H-pyrrole nitrogens is 1. The third kappa shape index (κ3) is 3.43. The number of rotatable bonds is 5. The van der Waals surface area contributed by atoms with Gasteiger partial charge in [0.1, 0.15) is 12.1 Å². The number of carbonyl (C=O) groups is 2. The molecule has 2 heterocycles. The minimum absolute atomic E-state index is 0.112. The third-order valence-electron chi connectivity index (χ3n) is 5.89. The standard InChI is InChI=1S/C23H23N3O5/c1-3-31-23(28)22-19(17-13-24-18-12-8-7-11-16(17)18)21(26(29)30)20(25(22)14(2)27)15-9-5-4-6-10-15/h4-13,19-22,24H,3H2,1-2H3/t19-,20+,21-,22+/m1/s1. The van der Waals surface area contributed by atoms with Gasteiger partial charge in [-0.15, -0.1) is 0 Å². The first-order valence-electron chi connectivity index (χ1n) is 10.2. The van der Waals surface area contributed by atoms with Crippen LogP contribution in [0.15, 0.2) is 60.8 Å². The molecule has 0 radical (unpaired) electrons. The molecule has 1 aromatic heterocycles. The number of likely N-dealkylation sites (tertiary alicyclic amines) is 1. The lowest BCUT2D eigenvalue weighted by Gasteiger charge is -2.28. The number of benzene rings is 2. The molecule has 31 heavy (non-hydrogen) atoms. The first-order valence-corrected chi connectivity index (χ1v) is 10.2. The number of hydrogen-bond acceptors (Lipinski definition) is 5. The van der Waals surface area contributed by atoms with Crippen molar-refractivity contribution in [3.63, 3.8) is 0 Å². The molecule has 1 aliphatic rings. The molecule has 8 heteroatoms. The summed E-state index contributed by atoms with van der Waals surface area (Å²) >= 11 is 0. The van der Waals surface area contributed by atoms with Crippen molar-refractivity contribution in [3.8, 4) is 0 Å². The number of aromatic nitrogens is 1. The summed E-state index contributed by atoms with van der Waals surface area (Å²) in [6, 6.07) is 13.0. The summed E-state index contributed by atoms with van der Waals surface area (Å²) < 4.78 is 5.29. The van der Waals surface area contributed by atoms with Crippen molar-refractivity contribution >= 4 is 22.8 Å². The number of nitrogens with one attached hydrogen (secondary N) is 1. The van der Waals surface area contributed by atoms with Gasteiger partial charge in [0.15, 0.2) is 0 Å². The van der Waals surface area contributed by atoms with Crippen LogP contribution in [0.3, 0.4) is 0 Å². The summed E-state index contributed by atoms with van der Waals surface area (Å²) in [5, 5.41) is 13.2. The first kappa shape index (κ1) is 20.6. The molecule has 1 saturated heterocycles. The van der Waals surface area contributed by atoms with E-state index in [2.05, 4.69) is 4.98 Å². The van der Waals surface area contributed by atoms with E-state index in [0.29, 0.717) is 11.1 Å². The largest absolute Gasteiger partial charge is 0.464 e. The SMILES string of the molecule is CCOC(=O)[C@@H]1[C@H](c2c[nH]c3ccccc23)[C@@H]([N+](=O)[O-])[C@H](c2ccccc2)N1C(C)=O. The van der Waals surface area contributed by atoms with Gasteiger partial charge >= 0.3 is 5.97 Å². The van der Waals surface area contributed by atoms with Crippen LogP contribution in [-0.2, 0) is 14.3 Å². The van der Waals surface area contributed by atoms with Gasteiger partial charge in [0.05, 0.1) is 12.5 Å². The highest BCUT2D eigenvalue weighted by molar-refractivity contribution is 5.89. The third-order valence-corrected chi connectivity index (χ3v) is 5.89. The van der Waals surface area contributed by atoms with Gasteiger partial charge in [-0.2, -0.15) is 0 Å². The fraction of sp³-hybridized carbons (Fsp3) is 0.304. The van der Waals surface area contributed by atoms with E-state index in [1.165, 1.54) is 11.8 Å². The Hall–Kier alpha value is -3.68. The number of hydrogen-bond donors (Lipinski definition) is 1. The highest BCUT2D eigenvalue weighted by atomic mass is 16.6. The Morgan fingerprint density at radius 3 is 2.45 bits per heavy atom. The van der Waals surface area contributed by atoms with Crippen LogP contribution in [0.25, 0.3) is 10.9 Å². The second kappa shape index (κ2) is 8.22. The quantitative estimate of drug-likeness (QED) is 0.386. The van der Waals surface area contributed by atoms with E-state index < -0.39 is 35.9 Å². The Labute approximate surface area is 179 Å². The van der Waals surface area contributed by atoms with Gasteiger partial charge < -0.3 is 14.6 Å². The Bertz CT molecular complexity index is 1130. The highest BCUT2D eigenvalue weighted by Crippen LogP contribution is 2.48. The Morgan fingerprint density at radius 2 is 1.81 bits per heavy atom. The Balaban J connectivity index is 1.97. The van der Waals surface area contributed by atoms with E-state index in [1.807, 2.05) is 24.3 Å². The maximum Gasteiger partial charge on any atom is 0.329 e. The lowest BCUT2D eigenvalue weighted by molar-refractivity contribution is -0.528. The molecule has 0 aliphatic carbocycles. The molecule has 1 amide bonds. The van der Waals surface area contributed by atoms with E-state index in [-0.39, 0.29) is 11.5 Å². The van der Waals surface area contributed by atoms with Crippen molar-refractivity contribution in [1.29, 1.82) is 0 Å². The normalized spacial score (nSPS) is 23.1. The predicted octanol–water partition coefficient (Wildman–Crippen LogP) is 3.43. The molecule has 0 bridgehead atoms. The molecule has 0 spiro atoms. The highest BCUT2D eigenvalue weighted by Gasteiger charge is 2.61. The molecule has 8 nitrogen and oxygen atoms in total. The lowest BCUT2D eigenvalue weighted by Crippen LogP contribution is -2.43. The summed E-state index contributed by atoms with van der Waals surface area (Å²) in [4.78, 5) is 42.4. The van der Waals surface area contributed by atoms with Crippen molar-refractivity contribution in [2.45, 2.75) is 37.9 Å². The van der Waals surface area contributed by atoms with Crippen LogP contribution in [0.5, 0.6) is 0 Å². The molecule has 1 N–H and O–H groups in total. The number of fused-ring (bicyclic) bond motifs is 1.